The van der Waals surface area contributed by atoms with E-state index >= 15 is 0 Å². The summed E-state index contributed by atoms with van der Waals surface area (Å²) in [6.45, 7) is 15.4. The van der Waals surface area contributed by atoms with Gasteiger partial charge in [0.15, 0.2) is 13.1 Å². The maximum Gasteiger partial charge on any atom is 0.472 e. The average Bonchev–Trinajstić information content (AvgIpc) is 2.92. The Kier molecular flexibility index (Phi) is 19.4. The number of carbonyl (C=O) groups excluding carboxylic acids is 6. The lowest BCUT2D eigenvalue weighted by Gasteiger charge is -2.40. The highest BCUT2D eigenvalue weighted by Crippen LogP contribution is 2.19. The lowest BCUT2D eigenvalue weighted by molar-refractivity contribution is -0.913. The molecule has 0 aromatic heterocycles. The summed E-state index contributed by atoms with van der Waals surface area (Å²) in [6, 6.07) is -1.00. The molecule has 3 N–H and O–H groups in total. The van der Waals surface area contributed by atoms with Crippen LogP contribution in [0.4, 0.5) is 26.3 Å². The van der Waals surface area contributed by atoms with E-state index < -0.39 is 140 Å². The molecule has 2 amide bonds. The van der Waals surface area contributed by atoms with Crippen molar-refractivity contribution in [2.75, 3.05) is 58.9 Å². The zero-order valence-electron chi connectivity index (χ0n) is 35.1. The Hall–Kier alpha value is -3.76. The van der Waals surface area contributed by atoms with E-state index in [2.05, 4.69) is 5.43 Å². The third-order valence-corrected chi connectivity index (χ3v) is 6.91. The van der Waals surface area contributed by atoms with Crippen LogP contribution >= 0.6 is 0 Å². The van der Waals surface area contributed by atoms with Gasteiger partial charge >= 0.3 is 48.0 Å². The van der Waals surface area contributed by atoms with Crippen molar-refractivity contribution in [3.05, 3.63) is 0 Å². The molecular formula is C35H61F6N6O10+. The lowest BCUT2D eigenvalue weighted by atomic mass is 10.2. The summed E-state index contributed by atoms with van der Waals surface area (Å²) in [4.78, 5) is 77.3. The summed E-state index contributed by atoms with van der Waals surface area (Å²) >= 11 is 0. The molecule has 0 aliphatic carbocycles. The predicted molar refractivity (Wildman–Crippen MR) is 192 cm³/mol. The van der Waals surface area contributed by atoms with E-state index in [1.807, 2.05) is 0 Å². The first-order valence-electron chi connectivity index (χ1n) is 18.0. The number of quaternary nitrogens is 1. The molecule has 0 aliphatic rings. The van der Waals surface area contributed by atoms with E-state index in [1.54, 1.807) is 47.0 Å². The molecule has 0 saturated heterocycles. The molecule has 0 fully saturated rings. The third kappa shape index (κ3) is 25.3. The molecule has 1 unspecified atom stereocenters. The van der Waals surface area contributed by atoms with E-state index in [4.69, 9.17) is 18.9 Å². The van der Waals surface area contributed by atoms with Crippen LogP contribution in [-0.2, 0) is 47.7 Å². The minimum absolute atomic E-state index is 0.420. The Morgan fingerprint density at radius 1 is 0.579 bits per heavy atom. The molecule has 0 spiro atoms. The maximum atomic E-state index is 13.6. The van der Waals surface area contributed by atoms with Crippen LogP contribution < -0.4 is 16.3 Å². The normalized spacial score (nSPS) is 13.8. The molecule has 0 rings (SSSR count). The first-order valence-corrected chi connectivity index (χ1v) is 18.0. The Morgan fingerprint density at radius 3 is 1.30 bits per heavy atom. The van der Waals surface area contributed by atoms with Crippen LogP contribution in [0.1, 0.15) is 90.0 Å². The number of amides is 2. The first-order chi connectivity index (χ1) is 25.3. The number of halogens is 6. The van der Waals surface area contributed by atoms with Crippen LogP contribution in [-0.4, -0.2) is 150 Å². The SMILES string of the molecule is CC(CN(CC[N+](CCNNC(=O)C(F)(F)F)(CC(=O)OC(C)(C)C)CC(=O)OC(C)(C)C)NC(=O)C(F)(F)F)N(CC(=O)OC(C)(C)C)CC(=O)OC(C)(C)C. The van der Waals surface area contributed by atoms with Crippen LogP contribution in [0.15, 0.2) is 0 Å². The smallest absolute Gasteiger partial charge is 0.459 e. The minimum atomic E-state index is -5.40. The second-order valence-corrected chi connectivity index (χ2v) is 17.5. The molecule has 0 radical (unpaired) electrons. The van der Waals surface area contributed by atoms with Crippen LogP contribution in [0.5, 0.6) is 0 Å². The molecule has 1 atom stereocenters. The number of rotatable bonds is 19. The Bertz CT molecular complexity index is 1320. The van der Waals surface area contributed by atoms with Gasteiger partial charge in [0.2, 0.25) is 0 Å². The van der Waals surface area contributed by atoms with Gasteiger partial charge in [-0.2, -0.15) is 26.3 Å². The van der Waals surface area contributed by atoms with Gasteiger partial charge < -0.3 is 23.4 Å². The number of nitrogens with one attached hydrogen (secondary N) is 3. The third-order valence-electron chi connectivity index (χ3n) is 6.91. The first kappa shape index (κ1) is 53.2. The van der Waals surface area contributed by atoms with Gasteiger partial charge in [-0.05, 0) is 90.0 Å². The van der Waals surface area contributed by atoms with Crippen LogP contribution in [0.25, 0.3) is 0 Å². The fraction of sp³-hybridized carbons (Fsp3) is 0.829. The van der Waals surface area contributed by atoms with Crippen molar-refractivity contribution in [1.82, 2.24) is 26.2 Å². The van der Waals surface area contributed by atoms with E-state index in [9.17, 15) is 55.1 Å². The highest BCUT2D eigenvalue weighted by Gasteiger charge is 2.42. The van der Waals surface area contributed by atoms with E-state index in [0.29, 0.717) is 0 Å². The van der Waals surface area contributed by atoms with Gasteiger partial charge in [0.1, 0.15) is 22.4 Å². The van der Waals surface area contributed by atoms with Gasteiger partial charge in [-0.15, -0.1) is 0 Å². The van der Waals surface area contributed by atoms with Crippen molar-refractivity contribution in [1.29, 1.82) is 0 Å². The summed E-state index contributed by atoms with van der Waals surface area (Å²) < 4.78 is 100. The number of hydrogen-bond acceptors (Lipinski definition) is 13. The Balaban J connectivity index is 7.05. The molecule has 16 nitrogen and oxygen atoms in total. The topological polar surface area (TPSA) is 182 Å². The zero-order valence-corrected chi connectivity index (χ0v) is 35.1. The standard InChI is InChI=1S/C35H60F6N6O10/c1-23(45(19-24(48)54-30(2,3)4)20-25(49)55-31(5,6)7)18-46(44-29(53)35(39,40)41)15-17-47(21-26(50)56-32(8,9)10,22-27(51)57-33(11,12)13)16-14-42-43-28(52)34(36,37)38/h23,42H,14-22H2,1-13H3,(H-,43,44,52,53)/p+1. The second kappa shape index (κ2) is 20.8. The molecule has 22 heteroatoms. The van der Waals surface area contributed by atoms with Gasteiger partial charge in [0.05, 0.1) is 39.3 Å². The molecule has 0 bridgehead atoms. The molecule has 0 aromatic carbocycles. The van der Waals surface area contributed by atoms with Crippen LogP contribution in [0, 0.1) is 0 Å². The van der Waals surface area contributed by atoms with Crippen molar-refractivity contribution < 1.29 is 78.5 Å². The summed E-state index contributed by atoms with van der Waals surface area (Å²) in [6.07, 6.45) is -10.7. The van der Waals surface area contributed by atoms with E-state index in [0.717, 1.165) is 5.01 Å². The predicted octanol–water partition coefficient (Wildman–Crippen LogP) is 2.94. The van der Waals surface area contributed by atoms with Crippen LogP contribution in [0.3, 0.4) is 0 Å². The zero-order chi connectivity index (χ0) is 45.0. The number of hydrogen-bond donors (Lipinski definition) is 3. The van der Waals surface area contributed by atoms with Gasteiger partial charge in [0, 0.05) is 12.6 Å². The van der Waals surface area contributed by atoms with Crippen molar-refractivity contribution in [2.24, 2.45) is 0 Å². The van der Waals surface area contributed by atoms with Crippen molar-refractivity contribution in [2.45, 2.75) is 131 Å². The number of esters is 4. The van der Waals surface area contributed by atoms with Gasteiger partial charge in [-0.25, -0.2) is 20.0 Å². The van der Waals surface area contributed by atoms with Gasteiger partial charge in [0.25, 0.3) is 0 Å². The van der Waals surface area contributed by atoms with Crippen molar-refractivity contribution >= 4 is 35.7 Å². The van der Waals surface area contributed by atoms with Gasteiger partial charge in [-0.1, -0.05) is 0 Å². The highest BCUT2D eigenvalue weighted by atomic mass is 19.4. The Labute approximate surface area is 330 Å². The van der Waals surface area contributed by atoms with E-state index in [-0.39, 0.29) is 0 Å². The molecule has 0 aromatic rings. The molecule has 0 aliphatic heterocycles. The fourth-order valence-electron chi connectivity index (χ4n) is 4.90. The van der Waals surface area contributed by atoms with Crippen molar-refractivity contribution in [3.63, 3.8) is 0 Å². The fourth-order valence-corrected chi connectivity index (χ4v) is 4.90. The molecule has 0 heterocycles. The maximum absolute atomic E-state index is 13.6. The number of alkyl halides is 6. The summed E-state index contributed by atoms with van der Waals surface area (Å²) in [7, 11) is 0. The average molecular weight is 840 g/mol. The Morgan fingerprint density at radius 2 is 0.947 bits per heavy atom. The van der Waals surface area contributed by atoms with Crippen LogP contribution in [0.2, 0.25) is 0 Å². The largest absolute Gasteiger partial charge is 0.472 e. The highest BCUT2D eigenvalue weighted by molar-refractivity contribution is 5.81. The second-order valence-electron chi connectivity index (χ2n) is 17.5. The lowest BCUT2D eigenvalue weighted by Crippen LogP contribution is -2.63. The molecule has 0 saturated carbocycles. The molecular weight excluding hydrogens is 778 g/mol. The molecule has 332 valence electrons. The summed E-state index contributed by atoms with van der Waals surface area (Å²) in [5.74, 6) is -8.17. The van der Waals surface area contributed by atoms with Gasteiger partial charge in [-0.3, -0.25) is 34.9 Å². The van der Waals surface area contributed by atoms with Crippen molar-refractivity contribution in [3.8, 4) is 0 Å². The summed E-state index contributed by atoms with van der Waals surface area (Å²) in [5, 5.41) is 0.799. The number of ether oxygens (including phenoxy) is 4. The minimum Gasteiger partial charge on any atom is -0.459 e. The number of carbonyl (C=O) groups is 6. The summed E-state index contributed by atoms with van der Waals surface area (Å²) in [5.41, 5.74) is 1.26. The molecule has 57 heavy (non-hydrogen) atoms. The van der Waals surface area contributed by atoms with E-state index in [1.165, 1.54) is 58.8 Å². The monoisotopic (exact) mass is 839 g/mol. The quantitative estimate of drug-likeness (QED) is 0.0432. The number of nitrogens with zero attached hydrogens (tertiary/aromatic N) is 3. The number of hydrazine groups is 2.